The van der Waals surface area contributed by atoms with Crippen LogP contribution in [0.5, 0.6) is 0 Å². The van der Waals surface area contributed by atoms with Crippen LogP contribution < -0.4 is 0 Å². The van der Waals surface area contributed by atoms with Crippen molar-refractivity contribution < 1.29 is 9.63 Å². The summed E-state index contributed by atoms with van der Waals surface area (Å²) < 4.78 is 0. The molecular formula is C10H13NO2S. The van der Waals surface area contributed by atoms with Crippen LogP contribution in [0.2, 0.25) is 0 Å². The van der Waals surface area contributed by atoms with Gasteiger partial charge in [0.1, 0.15) is 0 Å². The standard InChI is InChI=1S/C10H13NO2S/c1-11(13-2)10(12)9-6-7-4-3-5-8(7)14-9/h6H,3-5H2,1-2H3. The number of carbonyl (C=O) groups is 1. The lowest BCUT2D eigenvalue weighted by Crippen LogP contribution is -2.24. The van der Waals surface area contributed by atoms with Crippen molar-refractivity contribution in [3.05, 3.63) is 21.4 Å². The fraction of sp³-hybridized carbons (Fsp3) is 0.500. The number of thiophene rings is 1. The molecule has 0 unspecified atom stereocenters. The Labute approximate surface area is 87.2 Å². The monoisotopic (exact) mass is 211 g/mol. The molecule has 0 saturated carbocycles. The predicted octanol–water partition coefficient (Wildman–Crippen LogP) is 1.87. The molecule has 14 heavy (non-hydrogen) atoms. The van der Waals surface area contributed by atoms with Crippen LogP contribution >= 0.6 is 11.3 Å². The highest BCUT2D eigenvalue weighted by atomic mass is 32.1. The van der Waals surface area contributed by atoms with E-state index in [2.05, 4.69) is 0 Å². The van der Waals surface area contributed by atoms with Gasteiger partial charge < -0.3 is 0 Å². The first-order valence-electron chi connectivity index (χ1n) is 4.66. The van der Waals surface area contributed by atoms with Gasteiger partial charge >= 0.3 is 0 Å². The first-order chi connectivity index (χ1) is 6.72. The van der Waals surface area contributed by atoms with Gasteiger partial charge in [-0.05, 0) is 30.9 Å². The van der Waals surface area contributed by atoms with Crippen molar-refractivity contribution >= 4 is 17.2 Å². The molecule has 4 heteroatoms. The van der Waals surface area contributed by atoms with Crippen molar-refractivity contribution in [2.45, 2.75) is 19.3 Å². The van der Waals surface area contributed by atoms with E-state index in [1.807, 2.05) is 6.07 Å². The molecule has 0 saturated heterocycles. The topological polar surface area (TPSA) is 29.5 Å². The van der Waals surface area contributed by atoms with Crippen molar-refractivity contribution in [3.63, 3.8) is 0 Å². The second-order valence-electron chi connectivity index (χ2n) is 3.40. The number of hydrogen-bond acceptors (Lipinski definition) is 3. The third-order valence-corrected chi connectivity index (χ3v) is 3.74. The molecule has 1 aliphatic rings. The van der Waals surface area contributed by atoms with Gasteiger partial charge in [-0.2, -0.15) is 0 Å². The van der Waals surface area contributed by atoms with Gasteiger partial charge in [0.25, 0.3) is 5.91 Å². The molecule has 76 valence electrons. The van der Waals surface area contributed by atoms with Gasteiger partial charge in [0.15, 0.2) is 0 Å². The maximum Gasteiger partial charge on any atom is 0.287 e. The first-order valence-corrected chi connectivity index (χ1v) is 5.47. The molecule has 0 aromatic carbocycles. The Morgan fingerprint density at radius 3 is 3.00 bits per heavy atom. The zero-order valence-electron chi connectivity index (χ0n) is 8.37. The highest BCUT2D eigenvalue weighted by molar-refractivity contribution is 7.14. The summed E-state index contributed by atoms with van der Waals surface area (Å²) in [6, 6.07) is 2.00. The highest BCUT2D eigenvalue weighted by Gasteiger charge is 2.20. The summed E-state index contributed by atoms with van der Waals surface area (Å²) in [4.78, 5) is 18.7. The Morgan fingerprint density at radius 2 is 2.36 bits per heavy atom. The number of carbonyl (C=O) groups excluding carboxylic acids is 1. The van der Waals surface area contributed by atoms with Crippen LogP contribution in [0.1, 0.15) is 26.5 Å². The Hall–Kier alpha value is -0.870. The summed E-state index contributed by atoms with van der Waals surface area (Å²) in [5.41, 5.74) is 1.35. The lowest BCUT2D eigenvalue weighted by Gasteiger charge is -2.11. The molecule has 0 N–H and O–H groups in total. The van der Waals surface area contributed by atoms with E-state index in [4.69, 9.17) is 4.84 Å². The number of amides is 1. The molecule has 0 atom stereocenters. The van der Waals surface area contributed by atoms with Gasteiger partial charge in [-0.15, -0.1) is 11.3 Å². The molecule has 2 rings (SSSR count). The number of hydroxylamine groups is 2. The molecule has 1 aromatic heterocycles. The molecule has 1 aromatic rings. The summed E-state index contributed by atoms with van der Waals surface area (Å²) in [5, 5.41) is 1.26. The molecule has 0 radical (unpaired) electrons. The van der Waals surface area contributed by atoms with Gasteiger partial charge in [0.2, 0.25) is 0 Å². The average Bonchev–Trinajstić information content (AvgIpc) is 2.74. The van der Waals surface area contributed by atoms with E-state index in [0.29, 0.717) is 0 Å². The lowest BCUT2D eigenvalue weighted by atomic mass is 10.2. The van der Waals surface area contributed by atoms with E-state index in [0.717, 1.165) is 17.7 Å². The maximum atomic E-state index is 11.7. The average molecular weight is 211 g/mol. The molecule has 3 nitrogen and oxygen atoms in total. The normalized spacial score (nSPS) is 14.1. The number of nitrogens with zero attached hydrogens (tertiary/aromatic N) is 1. The third kappa shape index (κ3) is 1.55. The second-order valence-corrected chi connectivity index (χ2v) is 4.53. The molecule has 0 fully saturated rings. The van der Waals surface area contributed by atoms with Crippen LogP contribution in [-0.2, 0) is 17.7 Å². The molecule has 1 amide bonds. The largest absolute Gasteiger partial charge is 0.287 e. The molecular weight excluding hydrogens is 198 g/mol. The van der Waals surface area contributed by atoms with E-state index in [1.165, 1.54) is 29.0 Å². The van der Waals surface area contributed by atoms with E-state index >= 15 is 0 Å². The lowest BCUT2D eigenvalue weighted by molar-refractivity contribution is -0.0753. The van der Waals surface area contributed by atoms with Gasteiger partial charge in [0.05, 0.1) is 12.0 Å². The van der Waals surface area contributed by atoms with Gasteiger partial charge in [-0.25, -0.2) is 5.06 Å². The first kappa shape index (κ1) is 9.68. The van der Waals surface area contributed by atoms with Gasteiger partial charge in [-0.1, -0.05) is 0 Å². The van der Waals surface area contributed by atoms with Crippen molar-refractivity contribution in [2.24, 2.45) is 0 Å². The van der Waals surface area contributed by atoms with Crippen LogP contribution in [0, 0.1) is 0 Å². The van der Waals surface area contributed by atoms with Crippen LogP contribution in [0.15, 0.2) is 6.07 Å². The predicted molar refractivity (Wildman–Crippen MR) is 55.4 cm³/mol. The van der Waals surface area contributed by atoms with E-state index in [9.17, 15) is 4.79 Å². The Balaban J connectivity index is 2.21. The molecule has 0 aliphatic heterocycles. The number of aryl methyl sites for hydroxylation is 2. The fourth-order valence-corrected chi connectivity index (χ4v) is 2.89. The van der Waals surface area contributed by atoms with Crippen molar-refractivity contribution in [2.75, 3.05) is 14.2 Å². The van der Waals surface area contributed by atoms with Crippen molar-refractivity contribution in [1.82, 2.24) is 5.06 Å². The Kier molecular flexibility index (Phi) is 2.56. The van der Waals surface area contributed by atoms with Crippen LogP contribution in [-0.4, -0.2) is 25.1 Å². The molecule has 1 aliphatic carbocycles. The van der Waals surface area contributed by atoms with Crippen molar-refractivity contribution in [1.29, 1.82) is 0 Å². The van der Waals surface area contributed by atoms with Crippen LogP contribution in [0.3, 0.4) is 0 Å². The van der Waals surface area contributed by atoms with E-state index in [-0.39, 0.29) is 5.91 Å². The fourth-order valence-electron chi connectivity index (χ4n) is 1.67. The summed E-state index contributed by atoms with van der Waals surface area (Å²) in [5.74, 6) is -0.0492. The number of hydrogen-bond donors (Lipinski definition) is 0. The maximum absolute atomic E-state index is 11.7. The minimum absolute atomic E-state index is 0.0492. The zero-order chi connectivity index (χ0) is 10.1. The second kappa shape index (κ2) is 3.71. The van der Waals surface area contributed by atoms with Crippen LogP contribution in [0.25, 0.3) is 0 Å². The number of rotatable bonds is 2. The zero-order valence-corrected chi connectivity index (χ0v) is 9.19. The summed E-state index contributed by atoms with van der Waals surface area (Å²) in [7, 11) is 3.13. The van der Waals surface area contributed by atoms with Crippen LogP contribution in [0.4, 0.5) is 0 Å². The Morgan fingerprint density at radius 1 is 1.57 bits per heavy atom. The quantitative estimate of drug-likeness (QED) is 0.699. The summed E-state index contributed by atoms with van der Waals surface area (Å²) in [6.07, 6.45) is 3.48. The third-order valence-electron chi connectivity index (χ3n) is 2.52. The smallest absolute Gasteiger partial charge is 0.274 e. The molecule has 0 spiro atoms. The SMILES string of the molecule is CON(C)C(=O)c1cc2c(s1)CCC2. The van der Waals surface area contributed by atoms with Gasteiger partial charge in [-0.3, -0.25) is 9.63 Å². The Bertz CT molecular complexity index is 338. The van der Waals surface area contributed by atoms with E-state index in [1.54, 1.807) is 18.4 Å². The highest BCUT2D eigenvalue weighted by Crippen LogP contribution is 2.31. The van der Waals surface area contributed by atoms with Crippen molar-refractivity contribution in [3.8, 4) is 0 Å². The minimum atomic E-state index is -0.0492. The molecule has 0 bridgehead atoms. The summed E-state index contributed by atoms with van der Waals surface area (Å²) >= 11 is 1.60. The minimum Gasteiger partial charge on any atom is -0.274 e. The summed E-state index contributed by atoms with van der Waals surface area (Å²) in [6.45, 7) is 0. The molecule has 1 heterocycles. The number of fused-ring (bicyclic) bond motifs is 1. The van der Waals surface area contributed by atoms with E-state index < -0.39 is 0 Å². The van der Waals surface area contributed by atoms with Gasteiger partial charge in [0, 0.05) is 11.9 Å².